The van der Waals surface area contributed by atoms with Crippen LogP contribution in [0.15, 0.2) is 47.5 Å². The Morgan fingerprint density at radius 3 is 2.56 bits per heavy atom. The molecule has 1 aliphatic rings. The van der Waals surface area contributed by atoms with Crippen LogP contribution in [0.25, 0.3) is 11.0 Å². The minimum atomic E-state index is -4.55. The van der Waals surface area contributed by atoms with E-state index in [4.69, 9.17) is 0 Å². The highest BCUT2D eigenvalue weighted by atomic mass is 19.4. The first-order valence-electron chi connectivity index (χ1n) is 10.6. The average Bonchev–Trinajstić information content (AvgIpc) is 3.17. The molecule has 8 nitrogen and oxygen atoms in total. The van der Waals surface area contributed by atoms with Crippen LogP contribution >= 0.6 is 0 Å². The quantitative estimate of drug-likeness (QED) is 0.486. The van der Waals surface area contributed by atoms with E-state index in [9.17, 15) is 23.2 Å². The van der Waals surface area contributed by atoms with Crippen LogP contribution in [0, 0.1) is 11.3 Å². The van der Waals surface area contributed by atoms with Crippen LogP contribution < -0.4 is 5.56 Å². The monoisotopic (exact) mass is 465 g/mol. The first-order valence-corrected chi connectivity index (χ1v) is 10.6. The highest BCUT2D eigenvalue weighted by Gasteiger charge is 2.37. The van der Waals surface area contributed by atoms with Gasteiger partial charge in [0.2, 0.25) is 0 Å². The summed E-state index contributed by atoms with van der Waals surface area (Å²) < 4.78 is 40.1. The zero-order valence-electron chi connectivity index (χ0n) is 17.9. The summed E-state index contributed by atoms with van der Waals surface area (Å²) in [5.41, 5.74) is -0.0372. The second-order valence-corrected chi connectivity index (χ2v) is 8.25. The maximum absolute atomic E-state index is 12.9. The fourth-order valence-electron chi connectivity index (χ4n) is 4.32. The Balaban J connectivity index is 1.57. The molecular formula is C23H18F3N7O. The zero-order chi connectivity index (χ0) is 24.0. The standard InChI is InChI=1S/C23H18F3N7O/c1-12(13-5-8-18(29-11-13)23(24,25)26)33-21-19(17(10-27)32-33)22(34)31-20(30-21)15-7-6-14(15)16-4-2-3-9-28-16/h2-5,8-9,11-12,14-15H,6-7H2,1H3,(H,30,31,34)/t12?,14-,15-/m0/s1. The zero-order valence-corrected chi connectivity index (χ0v) is 17.9. The number of aromatic nitrogens is 6. The van der Waals surface area contributed by atoms with Gasteiger partial charge in [-0.3, -0.25) is 14.8 Å². The summed E-state index contributed by atoms with van der Waals surface area (Å²) in [6.07, 6.45) is 0.000178. The summed E-state index contributed by atoms with van der Waals surface area (Å²) in [5, 5.41) is 13.8. The second kappa shape index (κ2) is 8.06. The van der Waals surface area contributed by atoms with Crippen LogP contribution in [0.2, 0.25) is 0 Å². The fraction of sp³-hybridized carbons (Fsp3) is 0.304. The number of pyridine rings is 2. The maximum atomic E-state index is 12.9. The van der Waals surface area contributed by atoms with Crippen molar-refractivity contribution in [3.8, 4) is 6.07 Å². The molecule has 1 aliphatic carbocycles. The van der Waals surface area contributed by atoms with E-state index in [-0.39, 0.29) is 28.6 Å². The third-order valence-electron chi connectivity index (χ3n) is 6.31. The molecule has 0 aromatic carbocycles. The van der Waals surface area contributed by atoms with Crippen molar-refractivity contribution in [1.29, 1.82) is 5.26 Å². The summed E-state index contributed by atoms with van der Waals surface area (Å²) in [4.78, 5) is 28.3. The predicted octanol–water partition coefficient (Wildman–Crippen LogP) is 4.07. The Morgan fingerprint density at radius 2 is 1.97 bits per heavy atom. The number of nitrogens with one attached hydrogen (secondary N) is 1. The SMILES string of the molecule is CC(c1ccc(C(F)(F)F)nc1)n1nc(C#N)c2c(=O)[nH]c([C@H]3CC[C@@H]3c3ccccn3)nc21. The number of rotatable bonds is 4. The molecule has 5 rings (SSSR count). The molecule has 3 atom stereocenters. The van der Waals surface area contributed by atoms with Crippen LogP contribution in [0.3, 0.4) is 0 Å². The minimum absolute atomic E-state index is 0.0479. The van der Waals surface area contributed by atoms with Crippen LogP contribution in [-0.4, -0.2) is 29.7 Å². The van der Waals surface area contributed by atoms with Crippen molar-refractivity contribution in [2.45, 2.75) is 43.8 Å². The van der Waals surface area contributed by atoms with Gasteiger partial charge >= 0.3 is 6.18 Å². The van der Waals surface area contributed by atoms with E-state index >= 15 is 0 Å². The molecule has 4 aromatic heterocycles. The highest BCUT2D eigenvalue weighted by molar-refractivity contribution is 5.80. The molecule has 0 spiro atoms. The predicted molar refractivity (Wildman–Crippen MR) is 115 cm³/mol. The first kappa shape index (κ1) is 21.8. The average molecular weight is 465 g/mol. The summed E-state index contributed by atoms with van der Waals surface area (Å²) in [6, 6.07) is 9.17. The van der Waals surface area contributed by atoms with Gasteiger partial charge in [-0.25, -0.2) is 9.67 Å². The van der Waals surface area contributed by atoms with Crippen molar-refractivity contribution >= 4 is 11.0 Å². The number of H-pyrrole nitrogens is 1. The molecule has 1 saturated carbocycles. The topological polar surface area (TPSA) is 113 Å². The lowest BCUT2D eigenvalue weighted by atomic mass is 9.71. The summed E-state index contributed by atoms with van der Waals surface area (Å²) in [6.45, 7) is 1.69. The van der Waals surface area contributed by atoms with E-state index in [0.29, 0.717) is 11.4 Å². The van der Waals surface area contributed by atoms with Crippen molar-refractivity contribution in [3.05, 3.63) is 81.5 Å². The number of nitrogens with zero attached hydrogens (tertiary/aromatic N) is 6. The molecule has 0 bridgehead atoms. The smallest absolute Gasteiger partial charge is 0.310 e. The Labute approximate surface area is 191 Å². The lowest BCUT2D eigenvalue weighted by molar-refractivity contribution is -0.141. The first-order chi connectivity index (χ1) is 16.3. The van der Waals surface area contributed by atoms with Crippen molar-refractivity contribution in [2.75, 3.05) is 0 Å². The van der Waals surface area contributed by atoms with Crippen LogP contribution in [0.1, 0.15) is 66.1 Å². The largest absolute Gasteiger partial charge is 0.433 e. The van der Waals surface area contributed by atoms with Crippen LogP contribution in [-0.2, 0) is 6.18 Å². The minimum Gasteiger partial charge on any atom is -0.310 e. The number of halogens is 3. The molecule has 0 radical (unpaired) electrons. The Morgan fingerprint density at radius 1 is 1.18 bits per heavy atom. The van der Waals surface area contributed by atoms with E-state index < -0.39 is 23.5 Å². The Bertz CT molecular complexity index is 1450. The van der Waals surface area contributed by atoms with Gasteiger partial charge in [-0.1, -0.05) is 12.1 Å². The van der Waals surface area contributed by atoms with Gasteiger partial charge in [-0.2, -0.15) is 23.5 Å². The molecule has 4 aromatic rings. The molecule has 0 aliphatic heterocycles. The molecule has 34 heavy (non-hydrogen) atoms. The van der Waals surface area contributed by atoms with E-state index in [2.05, 4.69) is 25.0 Å². The van der Waals surface area contributed by atoms with Gasteiger partial charge in [0.25, 0.3) is 5.56 Å². The van der Waals surface area contributed by atoms with Gasteiger partial charge in [-0.15, -0.1) is 0 Å². The van der Waals surface area contributed by atoms with Crippen molar-refractivity contribution in [1.82, 2.24) is 29.7 Å². The van der Waals surface area contributed by atoms with Crippen molar-refractivity contribution < 1.29 is 13.2 Å². The van der Waals surface area contributed by atoms with Gasteiger partial charge in [0.05, 0.1) is 6.04 Å². The van der Waals surface area contributed by atoms with Gasteiger partial charge in [0, 0.05) is 29.9 Å². The third kappa shape index (κ3) is 3.61. The Kier molecular flexibility index (Phi) is 5.16. The van der Waals surface area contributed by atoms with Crippen LogP contribution in [0.4, 0.5) is 13.2 Å². The van der Waals surface area contributed by atoms with Gasteiger partial charge < -0.3 is 4.98 Å². The molecule has 0 saturated heterocycles. The second-order valence-electron chi connectivity index (χ2n) is 8.25. The molecule has 1 N–H and O–H groups in total. The molecular weight excluding hydrogens is 447 g/mol. The number of alkyl halides is 3. The molecule has 1 unspecified atom stereocenters. The lowest BCUT2D eigenvalue weighted by Crippen LogP contribution is -2.27. The lowest BCUT2D eigenvalue weighted by Gasteiger charge is -2.35. The van der Waals surface area contributed by atoms with E-state index in [0.717, 1.165) is 30.8 Å². The fourth-order valence-corrected chi connectivity index (χ4v) is 4.32. The van der Waals surface area contributed by atoms with Crippen molar-refractivity contribution in [3.63, 3.8) is 0 Å². The Hall–Kier alpha value is -4.07. The number of aromatic amines is 1. The highest BCUT2D eigenvalue weighted by Crippen LogP contribution is 2.47. The normalized spacial score (nSPS) is 18.9. The number of nitriles is 1. The van der Waals surface area contributed by atoms with Gasteiger partial charge in [0.1, 0.15) is 23.0 Å². The molecule has 4 heterocycles. The molecule has 1 fully saturated rings. The molecule has 11 heteroatoms. The summed E-state index contributed by atoms with van der Waals surface area (Å²) in [7, 11) is 0. The van der Waals surface area contributed by atoms with Gasteiger partial charge in [-0.05, 0) is 43.5 Å². The van der Waals surface area contributed by atoms with E-state index in [1.165, 1.54) is 10.7 Å². The molecule has 0 amide bonds. The number of hydrogen-bond donors (Lipinski definition) is 1. The van der Waals surface area contributed by atoms with E-state index in [1.807, 2.05) is 24.3 Å². The van der Waals surface area contributed by atoms with Crippen molar-refractivity contribution in [2.24, 2.45) is 0 Å². The van der Waals surface area contributed by atoms with Gasteiger partial charge in [0.15, 0.2) is 11.3 Å². The van der Waals surface area contributed by atoms with Crippen LogP contribution in [0.5, 0.6) is 0 Å². The molecule has 172 valence electrons. The third-order valence-corrected chi connectivity index (χ3v) is 6.31. The maximum Gasteiger partial charge on any atom is 0.433 e. The van der Waals surface area contributed by atoms with E-state index in [1.54, 1.807) is 13.1 Å². The summed E-state index contributed by atoms with van der Waals surface area (Å²) >= 11 is 0. The number of fused-ring (bicyclic) bond motifs is 1. The summed E-state index contributed by atoms with van der Waals surface area (Å²) in [5.74, 6) is 0.525. The number of hydrogen-bond acceptors (Lipinski definition) is 6.